The zero-order valence-electron chi connectivity index (χ0n) is 12.7. The summed E-state index contributed by atoms with van der Waals surface area (Å²) in [6.07, 6.45) is 10.8. The molecule has 116 valence electrons. The second-order valence-electron chi connectivity index (χ2n) is 6.36. The average Bonchev–Trinajstić information content (AvgIpc) is 3.02. The molecule has 4 nitrogen and oxygen atoms in total. The molecule has 0 bridgehead atoms. The van der Waals surface area contributed by atoms with Gasteiger partial charge in [0, 0.05) is 18.2 Å². The van der Waals surface area contributed by atoms with Gasteiger partial charge in [0.1, 0.15) is 0 Å². The molecule has 22 heavy (non-hydrogen) atoms. The van der Waals surface area contributed by atoms with Gasteiger partial charge in [0.05, 0.1) is 0 Å². The van der Waals surface area contributed by atoms with Gasteiger partial charge in [-0.05, 0) is 49.5 Å². The largest absolute Gasteiger partial charge is 0.454 e. The van der Waals surface area contributed by atoms with Gasteiger partial charge in [-0.25, -0.2) is 0 Å². The monoisotopic (exact) mass is 299 g/mol. The van der Waals surface area contributed by atoms with Gasteiger partial charge >= 0.3 is 0 Å². The number of rotatable bonds is 4. The number of benzene rings is 1. The van der Waals surface area contributed by atoms with Crippen molar-refractivity contribution in [3.63, 3.8) is 0 Å². The van der Waals surface area contributed by atoms with Gasteiger partial charge in [0.15, 0.2) is 11.5 Å². The first-order chi connectivity index (χ1) is 10.8. The Labute approximate surface area is 130 Å². The number of amides is 1. The molecule has 0 N–H and O–H groups in total. The van der Waals surface area contributed by atoms with E-state index in [2.05, 4.69) is 4.90 Å². The van der Waals surface area contributed by atoms with Gasteiger partial charge in [0.2, 0.25) is 12.7 Å². The van der Waals surface area contributed by atoms with Crippen LogP contribution in [0.4, 0.5) is 0 Å². The summed E-state index contributed by atoms with van der Waals surface area (Å²) in [7, 11) is 0. The highest BCUT2D eigenvalue weighted by molar-refractivity contribution is 5.92. The molecule has 0 unspecified atom stereocenters. The van der Waals surface area contributed by atoms with Gasteiger partial charge in [-0.15, -0.1) is 0 Å². The summed E-state index contributed by atoms with van der Waals surface area (Å²) >= 11 is 0. The van der Waals surface area contributed by atoms with Gasteiger partial charge in [0.25, 0.3) is 0 Å². The van der Waals surface area contributed by atoms with Crippen LogP contribution in [0.2, 0.25) is 0 Å². The minimum atomic E-state index is 0.159. The summed E-state index contributed by atoms with van der Waals surface area (Å²) in [4.78, 5) is 14.7. The smallest absolute Gasteiger partial charge is 0.247 e. The minimum Gasteiger partial charge on any atom is -0.454 e. The summed E-state index contributed by atoms with van der Waals surface area (Å²) < 4.78 is 10.7. The summed E-state index contributed by atoms with van der Waals surface area (Å²) in [5.74, 6) is 1.69. The van der Waals surface area contributed by atoms with E-state index in [0.29, 0.717) is 12.1 Å². The predicted molar refractivity (Wildman–Crippen MR) is 83.7 cm³/mol. The van der Waals surface area contributed by atoms with Crippen LogP contribution in [0.3, 0.4) is 0 Å². The van der Waals surface area contributed by atoms with Crippen LogP contribution in [0.15, 0.2) is 24.3 Å². The standard InChI is InChI=1S/C18H21NO3/c20-18(19(15-7-8-15)14-3-1-2-4-14)10-6-13-5-9-16-17(11-13)22-12-21-16/h5-6,9-11,14-15H,1-4,7-8,12H2/b10-6+. The Morgan fingerprint density at radius 2 is 1.77 bits per heavy atom. The molecule has 1 aromatic carbocycles. The van der Waals surface area contributed by atoms with Crippen molar-refractivity contribution in [2.24, 2.45) is 0 Å². The SMILES string of the molecule is O=C(/C=C/c1ccc2c(c1)OCO2)N(C1CCCC1)C1CC1. The van der Waals surface area contributed by atoms with Crippen LogP contribution < -0.4 is 9.47 Å². The zero-order chi connectivity index (χ0) is 14.9. The molecule has 2 aliphatic carbocycles. The van der Waals surface area contributed by atoms with Crippen molar-refractivity contribution in [2.75, 3.05) is 6.79 Å². The molecular formula is C18H21NO3. The first kappa shape index (κ1) is 13.7. The molecular weight excluding hydrogens is 278 g/mol. The van der Waals surface area contributed by atoms with E-state index in [1.807, 2.05) is 24.3 Å². The molecule has 0 spiro atoms. The van der Waals surface area contributed by atoms with E-state index in [0.717, 1.165) is 17.1 Å². The first-order valence-electron chi connectivity index (χ1n) is 8.21. The Morgan fingerprint density at radius 3 is 2.55 bits per heavy atom. The van der Waals surface area contributed by atoms with Gasteiger partial charge in [-0.1, -0.05) is 18.9 Å². The molecule has 4 heteroatoms. The molecule has 0 atom stereocenters. The number of ether oxygens (including phenoxy) is 2. The molecule has 0 radical (unpaired) electrons. The van der Waals surface area contributed by atoms with E-state index in [1.165, 1.54) is 38.5 Å². The maximum atomic E-state index is 12.6. The third-order valence-electron chi connectivity index (χ3n) is 4.73. The van der Waals surface area contributed by atoms with E-state index >= 15 is 0 Å². The molecule has 1 aromatic rings. The van der Waals surface area contributed by atoms with Gasteiger partial charge in [-0.3, -0.25) is 4.79 Å². The lowest BCUT2D eigenvalue weighted by molar-refractivity contribution is -0.128. The third-order valence-corrected chi connectivity index (χ3v) is 4.73. The number of hydrogen-bond donors (Lipinski definition) is 0. The summed E-state index contributed by atoms with van der Waals surface area (Å²) in [5, 5.41) is 0. The highest BCUT2D eigenvalue weighted by Crippen LogP contribution is 2.35. The van der Waals surface area contributed by atoms with Crippen LogP contribution in [0, 0.1) is 0 Å². The van der Waals surface area contributed by atoms with Gasteiger partial charge in [-0.2, -0.15) is 0 Å². The van der Waals surface area contributed by atoms with Crippen LogP contribution >= 0.6 is 0 Å². The molecule has 3 aliphatic rings. The molecule has 0 saturated heterocycles. The van der Waals surface area contributed by atoms with E-state index in [1.54, 1.807) is 6.08 Å². The Balaban J connectivity index is 1.47. The van der Waals surface area contributed by atoms with Crippen LogP contribution in [0.5, 0.6) is 11.5 Å². The lowest BCUT2D eigenvalue weighted by atomic mass is 10.1. The maximum absolute atomic E-state index is 12.6. The predicted octanol–water partition coefficient (Wildman–Crippen LogP) is 3.36. The van der Waals surface area contributed by atoms with E-state index in [9.17, 15) is 4.79 Å². The van der Waals surface area contributed by atoms with E-state index < -0.39 is 0 Å². The quantitative estimate of drug-likeness (QED) is 0.800. The molecule has 2 fully saturated rings. The minimum absolute atomic E-state index is 0.159. The molecule has 2 saturated carbocycles. The topological polar surface area (TPSA) is 38.8 Å². The number of nitrogens with zero attached hydrogens (tertiary/aromatic N) is 1. The fraction of sp³-hybridized carbons (Fsp3) is 0.500. The van der Waals surface area contributed by atoms with Crippen molar-refractivity contribution in [2.45, 2.75) is 50.6 Å². The van der Waals surface area contributed by atoms with Crippen molar-refractivity contribution >= 4 is 12.0 Å². The molecule has 1 amide bonds. The van der Waals surface area contributed by atoms with Crippen molar-refractivity contribution in [1.82, 2.24) is 4.90 Å². The van der Waals surface area contributed by atoms with Crippen LogP contribution in [-0.2, 0) is 4.79 Å². The fourth-order valence-electron chi connectivity index (χ4n) is 3.46. The van der Waals surface area contributed by atoms with Gasteiger partial charge < -0.3 is 14.4 Å². The van der Waals surface area contributed by atoms with Crippen LogP contribution in [0.25, 0.3) is 6.08 Å². The number of carbonyl (C=O) groups excluding carboxylic acids is 1. The summed E-state index contributed by atoms with van der Waals surface area (Å²) in [5.41, 5.74) is 0.972. The molecule has 0 aromatic heterocycles. The number of fused-ring (bicyclic) bond motifs is 1. The molecule has 4 rings (SSSR count). The number of carbonyl (C=O) groups is 1. The summed E-state index contributed by atoms with van der Waals surface area (Å²) in [6, 6.07) is 6.71. The second-order valence-corrected chi connectivity index (χ2v) is 6.36. The van der Waals surface area contributed by atoms with Crippen LogP contribution in [0.1, 0.15) is 44.1 Å². The zero-order valence-corrected chi connectivity index (χ0v) is 12.7. The highest BCUT2D eigenvalue weighted by Gasteiger charge is 2.37. The summed E-state index contributed by atoms with van der Waals surface area (Å²) in [6.45, 7) is 0.276. The second kappa shape index (κ2) is 5.67. The third kappa shape index (κ3) is 2.70. The normalized spacial score (nSPS) is 20.7. The average molecular weight is 299 g/mol. The first-order valence-corrected chi connectivity index (χ1v) is 8.21. The Morgan fingerprint density at radius 1 is 1.05 bits per heavy atom. The van der Waals surface area contributed by atoms with Crippen LogP contribution in [-0.4, -0.2) is 29.7 Å². The number of hydrogen-bond acceptors (Lipinski definition) is 3. The molecule has 1 aliphatic heterocycles. The lowest BCUT2D eigenvalue weighted by Crippen LogP contribution is -2.39. The highest BCUT2D eigenvalue weighted by atomic mass is 16.7. The van der Waals surface area contributed by atoms with Crippen molar-refractivity contribution in [1.29, 1.82) is 0 Å². The van der Waals surface area contributed by atoms with E-state index in [4.69, 9.17) is 9.47 Å². The lowest BCUT2D eigenvalue weighted by Gasteiger charge is -2.27. The Bertz CT molecular complexity index is 600. The van der Waals surface area contributed by atoms with Crippen molar-refractivity contribution in [3.8, 4) is 11.5 Å². The molecule has 1 heterocycles. The van der Waals surface area contributed by atoms with Crippen molar-refractivity contribution in [3.05, 3.63) is 29.8 Å². The Kier molecular flexibility index (Phi) is 3.53. The maximum Gasteiger partial charge on any atom is 0.247 e. The van der Waals surface area contributed by atoms with E-state index in [-0.39, 0.29) is 12.7 Å². The fourth-order valence-corrected chi connectivity index (χ4v) is 3.46. The van der Waals surface area contributed by atoms with Crippen molar-refractivity contribution < 1.29 is 14.3 Å². The Hall–Kier alpha value is -1.97.